The van der Waals surface area contributed by atoms with Crippen LogP contribution in [0.3, 0.4) is 0 Å². The Morgan fingerprint density at radius 1 is 0.714 bits per heavy atom. The average molecular weight is 270 g/mol. The third-order valence-corrected chi connectivity index (χ3v) is 1.000. The van der Waals surface area contributed by atoms with E-state index in [1.54, 1.807) is 0 Å². The minimum absolute atomic E-state index is 0. The predicted molar refractivity (Wildman–Crippen MR) is 29.8 cm³/mol. The van der Waals surface area contributed by atoms with Crippen LogP contribution in [-0.4, -0.2) is 0 Å². The van der Waals surface area contributed by atoms with Crippen molar-refractivity contribution >= 4 is 0 Å². The van der Waals surface area contributed by atoms with Crippen LogP contribution < -0.4 is 0 Å². The Kier molecular flexibility index (Phi) is 15.0. The molecule has 1 rings (SSSR count). The van der Waals surface area contributed by atoms with Crippen molar-refractivity contribution in [3.05, 3.63) is 0 Å². The SMILES string of the molecule is C1CCC1.CC.[W]. The van der Waals surface area contributed by atoms with Gasteiger partial charge in [-0.15, -0.1) is 0 Å². The fourth-order valence-electron chi connectivity index (χ4n) is 0.250. The zero-order valence-electron chi connectivity index (χ0n) is 5.24. The molecule has 0 spiro atoms. The molecule has 0 atom stereocenters. The Bertz CT molecular complexity index is 12.1. The molecule has 0 nitrogen and oxygen atoms in total. The molecule has 1 aliphatic rings. The maximum Gasteiger partial charge on any atom is 0 e. The van der Waals surface area contributed by atoms with E-state index in [4.69, 9.17) is 0 Å². The maximum atomic E-state index is 2.00. The van der Waals surface area contributed by atoms with Crippen molar-refractivity contribution in [3.63, 3.8) is 0 Å². The van der Waals surface area contributed by atoms with E-state index in [1.807, 2.05) is 13.8 Å². The van der Waals surface area contributed by atoms with Gasteiger partial charge in [-0.25, -0.2) is 0 Å². The molecule has 1 aliphatic carbocycles. The zero-order valence-corrected chi connectivity index (χ0v) is 8.17. The summed E-state index contributed by atoms with van der Waals surface area (Å²) in [5.41, 5.74) is 0. The van der Waals surface area contributed by atoms with Crippen LogP contribution in [-0.2, 0) is 21.1 Å². The van der Waals surface area contributed by atoms with Crippen LogP contribution in [0.2, 0.25) is 0 Å². The Hall–Kier alpha value is 0.688. The first-order valence-corrected chi connectivity index (χ1v) is 3.00. The van der Waals surface area contributed by atoms with E-state index < -0.39 is 0 Å². The molecule has 1 fully saturated rings. The first-order valence-electron chi connectivity index (χ1n) is 3.00. The van der Waals surface area contributed by atoms with E-state index >= 15 is 0 Å². The average Bonchev–Trinajstić information content (AvgIpc) is 1.36. The molecule has 44 valence electrons. The summed E-state index contributed by atoms with van der Waals surface area (Å²) in [5.74, 6) is 0. The van der Waals surface area contributed by atoms with Gasteiger partial charge in [0.2, 0.25) is 0 Å². The molecule has 7 heavy (non-hydrogen) atoms. The Morgan fingerprint density at radius 3 is 0.857 bits per heavy atom. The van der Waals surface area contributed by atoms with E-state index in [9.17, 15) is 0 Å². The second-order valence-corrected chi connectivity index (χ2v) is 1.41. The van der Waals surface area contributed by atoms with E-state index in [0.717, 1.165) is 0 Å². The van der Waals surface area contributed by atoms with Crippen molar-refractivity contribution in [3.8, 4) is 0 Å². The van der Waals surface area contributed by atoms with Crippen LogP contribution in [0, 0.1) is 0 Å². The van der Waals surface area contributed by atoms with Gasteiger partial charge in [0.05, 0.1) is 0 Å². The van der Waals surface area contributed by atoms with E-state index in [1.165, 1.54) is 25.7 Å². The summed E-state index contributed by atoms with van der Waals surface area (Å²) in [6.07, 6.45) is 6.00. The van der Waals surface area contributed by atoms with Crippen LogP contribution >= 0.6 is 0 Å². The van der Waals surface area contributed by atoms with Gasteiger partial charge in [-0.05, 0) is 0 Å². The van der Waals surface area contributed by atoms with Crippen LogP contribution in [0.4, 0.5) is 0 Å². The molecule has 1 saturated carbocycles. The normalized spacial score (nSPS) is 14.6. The van der Waals surface area contributed by atoms with Crippen LogP contribution in [0.5, 0.6) is 0 Å². The molecule has 1 heteroatoms. The van der Waals surface area contributed by atoms with Gasteiger partial charge in [0, 0.05) is 21.1 Å². The van der Waals surface area contributed by atoms with Gasteiger partial charge in [-0.1, -0.05) is 39.5 Å². The smallest absolute Gasteiger partial charge is 0 e. The summed E-state index contributed by atoms with van der Waals surface area (Å²) >= 11 is 0. The van der Waals surface area contributed by atoms with Gasteiger partial charge in [0.15, 0.2) is 0 Å². The van der Waals surface area contributed by atoms with Gasteiger partial charge in [-0.2, -0.15) is 0 Å². The topological polar surface area (TPSA) is 0 Å². The molecule has 0 aromatic rings. The van der Waals surface area contributed by atoms with E-state index in [-0.39, 0.29) is 21.1 Å². The summed E-state index contributed by atoms with van der Waals surface area (Å²) in [6, 6.07) is 0. The summed E-state index contributed by atoms with van der Waals surface area (Å²) in [7, 11) is 0. The van der Waals surface area contributed by atoms with Gasteiger partial charge >= 0.3 is 0 Å². The predicted octanol–water partition coefficient (Wildman–Crippen LogP) is 2.58. The van der Waals surface area contributed by atoms with Gasteiger partial charge in [-0.3, -0.25) is 0 Å². The summed E-state index contributed by atoms with van der Waals surface area (Å²) < 4.78 is 0. The van der Waals surface area contributed by atoms with Crippen LogP contribution in [0.15, 0.2) is 0 Å². The molecule has 0 aromatic carbocycles. The number of rotatable bonds is 0. The van der Waals surface area contributed by atoms with Crippen molar-refractivity contribution < 1.29 is 21.1 Å². The molecule has 0 unspecified atom stereocenters. The second-order valence-electron chi connectivity index (χ2n) is 1.41. The molecular formula is C6H14W. The van der Waals surface area contributed by atoms with Gasteiger partial charge in [0.25, 0.3) is 0 Å². The minimum atomic E-state index is 0. The third kappa shape index (κ3) is 6.69. The quantitative estimate of drug-likeness (QED) is 0.634. The molecule has 0 bridgehead atoms. The maximum absolute atomic E-state index is 2.00. The fourth-order valence-corrected chi connectivity index (χ4v) is 0.250. The van der Waals surface area contributed by atoms with E-state index in [2.05, 4.69) is 0 Å². The van der Waals surface area contributed by atoms with E-state index in [0.29, 0.717) is 0 Å². The number of hydrogen-bond acceptors (Lipinski definition) is 0. The van der Waals surface area contributed by atoms with Gasteiger partial charge in [0.1, 0.15) is 0 Å². The summed E-state index contributed by atoms with van der Waals surface area (Å²) in [5, 5.41) is 0. The van der Waals surface area contributed by atoms with Crippen molar-refractivity contribution in [1.29, 1.82) is 0 Å². The number of hydrogen-bond donors (Lipinski definition) is 0. The Morgan fingerprint density at radius 2 is 0.857 bits per heavy atom. The third-order valence-electron chi connectivity index (χ3n) is 1.000. The molecule has 0 aromatic heterocycles. The van der Waals surface area contributed by atoms with Crippen molar-refractivity contribution in [1.82, 2.24) is 0 Å². The van der Waals surface area contributed by atoms with Crippen LogP contribution in [0.1, 0.15) is 39.5 Å². The first-order chi connectivity index (χ1) is 3.00. The monoisotopic (exact) mass is 270 g/mol. The summed E-state index contributed by atoms with van der Waals surface area (Å²) in [6.45, 7) is 4.00. The first kappa shape index (κ1) is 10.6. The minimum Gasteiger partial charge on any atom is -0.0683 e. The summed E-state index contributed by atoms with van der Waals surface area (Å²) in [4.78, 5) is 0. The van der Waals surface area contributed by atoms with Crippen molar-refractivity contribution in [2.75, 3.05) is 0 Å². The molecule has 0 heterocycles. The molecule has 0 radical (unpaired) electrons. The second kappa shape index (κ2) is 9.85. The Balaban J connectivity index is 0. The molecule has 0 saturated heterocycles. The fraction of sp³-hybridized carbons (Fsp3) is 1.00. The van der Waals surface area contributed by atoms with Crippen LogP contribution in [0.25, 0.3) is 0 Å². The van der Waals surface area contributed by atoms with Crippen molar-refractivity contribution in [2.24, 2.45) is 0 Å². The zero-order chi connectivity index (χ0) is 4.83. The Labute approximate surface area is 61.0 Å². The largest absolute Gasteiger partial charge is 0.0683 e. The molecule has 0 N–H and O–H groups in total. The molecular weight excluding hydrogens is 256 g/mol. The van der Waals surface area contributed by atoms with Crippen molar-refractivity contribution in [2.45, 2.75) is 39.5 Å². The van der Waals surface area contributed by atoms with Gasteiger partial charge < -0.3 is 0 Å². The molecule has 0 amide bonds. The molecule has 0 aliphatic heterocycles. The standard InChI is InChI=1S/C4H8.C2H6.W/c1-2-4-3-1;1-2;/h1-4H2;1-2H3;.